The van der Waals surface area contributed by atoms with E-state index in [1.165, 1.54) is 7.11 Å². The Bertz CT molecular complexity index is 39.1. The van der Waals surface area contributed by atoms with Crippen molar-refractivity contribution in [3.63, 3.8) is 0 Å². The van der Waals surface area contributed by atoms with Gasteiger partial charge in [-0.3, -0.25) is 0 Å². The van der Waals surface area contributed by atoms with Crippen molar-refractivity contribution in [2.45, 2.75) is 19.2 Å². The Hall–Kier alpha value is -0.110. The van der Waals surface area contributed by atoms with Crippen molar-refractivity contribution < 1.29 is 9.13 Å². The Kier molecular flexibility index (Phi) is 4.00. The quantitative estimate of drug-likeness (QED) is 0.529. The molecule has 1 nitrogen and oxygen atoms in total. The summed E-state index contributed by atoms with van der Waals surface area (Å²) < 4.78 is 16.2. The fraction of sp³-hybridized carbons (Fsp3) is 0.800. The van der Waals surface area contributed by atoms with Crippen molar-refractivity contribution in [1.29, 1.82) is 0 Å². The van der Waals surface area contributed by atoms with E-state index in [9.17, 15) is 4.39 Å². The molecule has 2 heteroatoms. The minimum Gasteiger partial charge on any atom is -0.351 e. The van der Waals surface area contributed by atoms with Crippen LogP contribution in [0.3, 0.4) is 0 Å². The van der Waals surface area contributed by atoms with Crippen molar-refractivity contribution in [2.75, 3.05) is 7.11 Å². The van der Waals surface area contributed by atoms with E-state index in [-0.39, 0.29) is 0 Å². The lowest BCUT2D eigenvalue weighted by molar-refractivity contribution is -0.00976. The standard InChI is InChI=1S/C5H10FO/c1-3-4-5(6)7-2/h5H,1,3-4H2,2H3. The van der Waals surface area contributed by atoms with E-state index in [4.69, 9.17) is 0 Å². The predicted octanol–water partition coefficient (Wildman–Crippen LogP) is 1.54. The van der Waals surface area contributed by atoms with Crippen LogP contribution in [-0.4, -0.2) is 13.5 Å². The molecule has 0 fully saturated rings. The highest BCUT2D eigenvalue weighted by molar-refractivity contribution is 4.42. The van der Waals surface area contributed by atoms with E-state index in [1.54, 1.807) is 0 Å². The lowest BCUT2D eigenvalue weighted by Crippen LogP contribution is -2.00. The van der Waals surface area contributed by atoms with Gasteiger partial charge in [-0.25, -0.2) is 4.39 Å². The number of alkyl halides is 1. The normalized spacial score (nSPS) is 14.1. The summed E-state index contributed by atoms with van der Waals surface area (Å²) in [6.45, 7) is 3.45. The average Bonchev–Trinajstić information content (AvgIpc) is 1.68. The molecule has 0 amide bonds. The van der Waals surface area contributed by atoms with Crippen molar-refractivity contribution in [3.8, 4) is 0 Å². The zero-order chi connectivity index (χ0) is 5.70. The maximum absolute atomic E-state index is 11.9. The van der Waals surface area contributed by atoms with E-state index >= 15 is 0 Å². The van der Waals surface area contributed by atoms with Crippen molar-refractivity contribution >= 4 is 0 Å². The van der Waals surface area contributed by atoms with Gasteiger partial charge in [-0.1, -0.05) is 6.92 Å². The molecule has 0 saturated carbocycles. The lowest BCUT2D eigenvalue weighted by atomic mass is 10.3. The number of hydrogen-bond acceptors (Lipinski definition) is 1. The molecule has 7 heavy (non-hydrogen) atoms. The van der Waals surface area contributed by atoms with Gasteiger partial charge in [-0.15, -0.1) is 0 Å². The summed E-state index contributed by atoms with van der Waals surface area (Å²) in [4.78, 5) is 0. The average molecular weight is 105 g/mol. The zero-order valence-electron chi connectivity index (χ0n) is 4.48. The van der Waals surface area contributed by atoms with Crippen LogP contribution < -0.4 is 0 Å². The first-order valence-electron chi connectivity index (χ1n) is 2.27. The molecule has 0 spiro atoms. The molecule has 0 aromatic rings. The molecule has 0 aromatic heterocycles. The summed E-state index contributed by atoms with van der Waals surface area (Å²) in [6, 6.07) is 0. The molecule has 0 aliphatic rings. The number of ether oxygens (including phenoxy) is 1. The smallest absolute Gasteiger partial charge is 0.198 e. The molecule has 1 atom stereocenters. The van der Waals surface area contributed by atoms with Gasteiger partial charge in [0.05, 0.1) is 0 Å². The Balaban J connectivity index is 2.83. The molecular formula is C5H10FO. The number of hydrogen-bond donors (Lipinski definition) is 0. The van der Waals surface area contributed by atoms with E-state index in [0.717, 1.165) is 0 Å². The largest absolute Gasteiger partial charge is 0.351 e. The van der Waals surface area contributed by atoms with Gasteiger partial charge < -0.3 is 4.74 Å². The first kappa shape index (κ1) is 6.89. The fourth-order valence-electron chi connectivity index (χ4n) is 0.278. The second-order valence-electron chi connectivity index (χ2n) is 1.29. The van der Waals surface area contributed by atoms with Crippen molar-refractivity contribution in [3.05, 3.63) is 6.92 Å². The summed E-state index contributed by atoms with van der Waals surface area (Å²) >= 11 is 0. The Morgan fingerprint density at radius 2 is 2.43 bits per heavy atom. The second kappa shape index (κ2) is 4.06. The summed E-state index contributed by atoms with van der Waals surface area (Å²) in [6.07, 6.45) is -0.122. The third-order valence-electron chi connectivity index (χ3n) is 0.687. The predicted molar refractivity (Wildman–Crippen MR) is 26.5 cm³/mol. The van der Waals surface area contributed by atoms with Gasteiger partial charge in [0, 0.05) is 13.5 Å². The first-order chi connectivity index (χ1) is 3.31. The van der Waals surface area contributed by atoms with Gasteiger partial charge in [-0.05, 0) is 6.42 Å². The van der Waals surface area contributed by atoms with Crippen LogP contribution >= 0.6 is 0 Å². The number of halogens is 1. The molecule has 1 unspecified atom stereocenters. The van der Waals surface area contributed by atoms with Crippen LogP contribution in [0.4, 0.5) is 4.39 Å². The molecule has 0 N–H and O–H groups in total. The number of methoxy groups -OCH3 is 1. The monoisotopic (exact) mass is 105 g/mol. The Morgan fingerprint density at radius 3 is 2.57 bits per heavy atom. The molecule has 0 rings (SSSR count). The first-order valence-corrected chi connectivity index (χ1v) is 2.27. The van der Waals surface area contributed by atoms with Gasteiger partial charge in [-0.2, -0.15) is 0 Å². The molecular weight excluding hydrogens is 95.1 g/mol. The van der Waals surface area contributed by atoms with E-state index in [0.29, 0.717) is 12.8 Å². The van der Waals surface area contributed by atoms with Crippen LogP contribution in [0, 0.1) is 6.92 Å². The van der Waals surface area contributed by atoms with Crippen LogP contribution in [0.1, 0.15) is 12.8 Å². The minimum atomic E-state index is -1.11. The maximum atomic E-state index is 11.9. The summed E-state index contributed by atoms with van der Waals surface area (Å²) in [5, 5.41) is 0. The van der Waals surface area contributed by atoms with Crippen molar-refractivity contribution in [2.24, 2.45) is 0 Å². The number of rotatable bonds is 3. The van der Waals surface area contributed by atoms with Crippen LogP contribution in [0.2, 0.25) is 0 Å². The maximum Gasteiger partial charge on any atom is 0.198 e. The molecule has 0 aromatic carbocycles. The third kappa shape index (κ3) is 3.73. The van der Waals surface area contributed by atoms with Gasteiger partial charge in [0.25, 0.3) is 0 Å². The zero-order valence-corrected chi connectivity index (χ0v) is 4.48. The Morgan fingerprint density at radius 1 is 1.86 bits per heavy atom. The van der Waals surface area contributed by atoms with Crippen LogP contribution in [0.15, 0.2) is 0 Å². The van der Waals surface area contributed by atoms with Crippen LogP contribution in [0.5, 0.6) is 0 Å². The second-order valence-corrected chi connectivity index (χ2v) is 1.29. The highest BCUT2D eigenvalue weighted by Gasteiger charge is 1.97. The van der Waals surface area contributed by atoms with Crippen molar-refractivity contribution in [1.82, 2.24) is 0 Å². The minimum absolute atomic E-state index is 0.399. The van der Waals surface area contributed by atoms with Gasteiger partial charge in [0.2, 0.25) is 0 Å². The fourth-order valence-corrected chi connectivity index (χ4v) is 0.278. The van der Waals surface area contributed by atoms with Gasteiger partial charge >= 0.3 is 0 Å². The topological polar surface area (TPSA) is 9.23 Å². The highest BCUT2D eigenvalue weighted by atomic mass is 19.1. The van der Waals surface area contributed by atoms with E-state index in [1.807, 2.05) is 0 Å². The molecule has 0 aliphatic heterocycles. The van der Waals surface area contributed by atoms with Gasteiger partial charge in [0.15, 0.2) is 6.36 Å². The Labute approximate surface area is 43.5 Å². The van der Waals surface area contributed by atoms with Gasteiger partial charge in [0.1, 0.15) is 0 Å². The summed E-state index contributed by atoms with van der Waals surface area (Å²) in [5.74, 6) is 0. The molecule has 0 bridgehead atoms. The van der Waals surface area contributed by atoms with E-state index < -0.39 is 6.36 Å². The SMILES string of the molecule is [CH2]CCC(F)OC. The molecule has 43 valence electrons. The molecule has 0 aliphatic carbocycles. The lowest BCUT2D eigenvalue weighted by Gasteiger charge is -2.00. The molecule has 1 radical (unpaired) electrons. The van der Waals surface area contributed by atoms with Crippen LogP contribution in [0.25, 0.3) is 0 Å². The summed E-state index contributed by atoms with van der Waals surface area (Å²) in [5.41, 5.74) is 0. The third-order valence-corrected chi connectivity index (χ3v) is 0.687. The molecule has 0 saturated heterocycles. The van der Waals surface area contributed by atoms with Crippen LogP contribution in [-0.2, 0) is 4.74 Å². The highest BCUT2D eigenvalue weighted by Crippen LogP contribution is 1.99. The van der Waals surface area contributed by atoms with E-state index in [2.05, 4.69) is 11.7 Å². The summed E-state index contributed by atoms with van der Waals surface area (Å²) in [7, 11) is 1.35. The molecule has 0 heterocycles.